The average molecular weight is 444 g/mol. The van der Waals surface area contributed by atoms with E-state index in [1.165, 1.54) is 0 Å². The van der Waals surface area contributed by atoms with Crippen molar-refractivity contribution in [3.8, 4) is 11.4 Å². The minimum atomic E-state index is -0.0100. The molecule has 0 unspecified atom stereocenters. The van der Waals surface area contributed by atoms with Gasteiger partial charge in [0.1, 0.15) is 11.5 Å². The molecule has 0 bridgehead atoms. The fraction of sp³-hybridized carbons (Fsp3) is 0.261. The van der Waals surface area contributed by atoms with Gasteiger partial charge < -0.3 is 20.5 Å². The van der Waals surface area contributed by atoms with E-state index in [2.05, 4.69) is 30.6 Å². The van der Waals surface area contributed by atoms with Gasteiger partial charge in [-0.3, -0.25) is 10.1 Å². The highest BCUT2D eigenvalue weighted by molar-refractivity contribution is 5.60. The third-order valence-corrected chi connectivity index (χ3v) is 5.41. The van der Waals surface area contributed by atoms with Crippen molar-refractivity contribution in [3.63, 3.8) is 0 Å². The van der Waals surface area contributed by atoms with Gasteiger partial charge in [-0.15, -0.1) is 0 Å². The maximum Gasteiger partial charge on any atom is 0.228 e. The molecule has 33 heavy (non-hydrogen) atoms. The molecule has 0 saturated carbocycles. The number of H-pyrrole nitrogens is 1. The fourth-order valence-corrected chi connectivity index (χ4v) is 3.92. The van der Waals surface area contributed by atoms with E-state index in [0.29, 0.717) is 29.8 Å². The van der Waals surface area contributed by atoms with Crippen LogP contribution < -0.4 is 16.0 Å². The number of hydrogen-bond acceptors (Lipinski definition) is 9. The van der Waals surface area contributed by atoms with Crippen LogP contribution in [0.15, 0.2) is 53.2 Å². The lowest BCUT2D eigenvalue weighted by atomic mass is 10.1. The zero-order chi connectivity index (χ0) is 22.6. The number of rotatable bonds is 7. The zero-order valence-corrected chi connectivity index (χ0v) is 18.3. The monoisotopic (exact) mass is 443 g/mol. The van der Waals surface area contributed by atoms with Crippen LogP contribution in [-0.4, -0.2) is 43.4 Å². The van der Waals surface area contributed by atoms with Gasteiger partial charge in [0.2, 0.25) is 5.95 Å². The second kappa shape index (κ2) is 9.21. The molecule has 4 N–H and O–H groups in total. The molecule has 0 aromatic carbocycles. The first-order chi connectivity index (χ1) is 16.2. The third kappa shape index (κ3) is 4.60. The Morgan fingerprint density at radius 3 is 2.94 bits per heavy atom. The summed E-state index contributed by atoms with van der Waals surface area (Å²) in [7, 11) is 0. The van der Waals surface area contributed by atoms with Crippen LogP contribution in [0.4, 0.5) is 17.6 Å². The van der Waals surface area contributed by atoms with Crippen molar-refractivity contribution in [2.24, 2.45) is 5.73 Å². The Morgan fingerprint density at radius 1 is 1.21 bits per heavy atom. The fourth-order valence-electron chi connectivity index (χ4n) is 3.92. The first-order valence-corrected chi connectivity index (χ1v) is 10.9. The summed E-state index contributed by atoms with van der Waals surface area (Å²) in [5.74, 6) is 2.74. The van der Waals surface area contributed by atoms with Gasteiger partial charge in [0, 0.05) is 43.2 Å². The van der Waals surface area contributed by atoms with Crippen molar-refractivity contribution in [3.05, 3.63) is 65.8 Å². The summed E-state index contributed by atoms with van der Waals surface area (Å²) in [6.45, 7) is 3.20. The van der Waals surface area contributed by atoms with Crippen molar-refractivity contribution >= 4 is 23.7 Å². The molecule has 4 aromatic heterocycles. The van der Waals surface area contributed by atoms with E-state index in [9.17, 15) is 0 Å². The third-order valence-electron chi connectivity index (χ3n) is 5.41. The second-order valence-corrected chi connectivity index (χ2v) is 7.86. The first-order valence-electron chi connectivity index (χ1n) is 10.9. The Labute approximate surface area is 190 Å². The molecule has 168 valence electrons. The van der Waals surface area contributed by atoms with Crippen LogP contribution in [0, 0.1) is 6.92 Å². The Bertz CT molecular complexity index is 1250. The van der Waals surface area contributed by atoms with Gasteiger partial charge in [0.15, 0.2) is 11.6 Å². The number of aryl methyl sites for hydroxylation is 1. The van der Waals surface area contributed by atoms with Crippen LogP contribution in [-0.2, 0) is 0 Å². The van der Waals surface area contributed by atoms with E-state index in [1.54, 1.807) is 6.20 Å². The van der Waals surface area contributed by atoms with E-state index in [4.69, 9.17) is 20.2 Å². The average Bonchev–Trinajstić information content (AvgIpc) is 3.59. The number of aromatic amines is 1. The molecule has 0 spiro atoms. The molecule has 1 atom stereocenters. The smallest absolute Gasteiger partial charge is 0.228 e. The molecule has 5 rings (SSSR count). The Morgan fingerprint density at radius 2 is 2.15 bits per heavy atom. The van der Waals surface area contributed by atoms with Crippen LogP contribution in [0.25, 0.3) is 17.5 Å². The van der Waals surface area contributed by atoms with Crippen LogP contribution in [0.5, 0.6) is 0 Å². The molecule has 10 nitrogen and oxygen atoms in total. The highest BCUT2D eigenvalue weighted by Crippen LogP contribution is 2.36. The number of aromatic nitrogens is 6. The van der Waals surface area contributed by atoms with Crippen molar-refractivity contribution in [1.82, 2.24) is 30.3 Å². The quantitative estimate of drug-likeness (QED) is 0.391. The van der Waals surface area contributed by atoms with Gasteiger partial charge in [-0.1, -0.05) is 17.3 Å². The topological polar surface area (TPSA) is 135 Å². The SMILES string of the molecule is Cc1cc(Nc2cc(/C=C/CN)nc(N3CCC[C@H]3c3cc(-c4ccccn4)no3)n2)n[nH]1. The van der Waals surface area contributed by atoms with Crippen LogP contribution in [0.1, 0.15) is 36.0 Å². The van der Waals surface area contributed by atoms with Crippen LogP contribution >= 0.6 is 0 Å². The van der Waals surface area contributed by atoms with Gasteiger partial charge in [0.05, 0.1) is 17.4 Å². The van der Waals surface area contributed by atoms with Crippen LogP contribution in [0.2, 0.25) is 0 Å². The van der Waals surface area contributed by atoms with Crippen molar-refractivity contribution < 1.29 is 4.52 Å². The van der Waals surface area contributed by atoms with Crippen LogP contribution in [0.3, 0.4) is 0 Å². The minimum Gasteiger partial charge on any atom is -0.358 e. The molecule has 1 aliphatic rings. The number of nitrogens with two attached hydrogens (primary N) is 1. The van der Waals surface area contributed by atoms with E-state index >= 15 is 0 Å². The van der Waals surface area contributed by atoms with Gasteiger partial charge in [-0.25, -0.2) is 4.98 Å². The molecule has 1 saturated heterocycles. The predicted molar refractivity (Wildman–Crippen MR) is 126 cm³/mol. The summed E-state index contributed by atoms with van der Waals surface area (Å²) in [6, 6.07) is 11.5. The van der Waals surface area contributed by atoms with Gasteiger partial charge in [0.25, 0.3) is 0 Å². The largest absolute Gasteiger partial charge is 0.358 e. The maximum atomic E-state index is 5.73. The molecule has 10 heteroatoms. The minimum absolute atomic E-state index is 0.0100. The molecule has 0 amide bonds. The maximum absolute atomic E-state index is 5.73. The molecule has 5 heterocycles. The summed E-state index contributed by atoms with van der Waals surface area (Å²) < 4.78 is 5.73. The molecular weight excluding hydrogens is 418 g/mol. The Hall–Kier alpha value is -4.05. The number of nitrogens with one attached hydrogen (secondary N) is 2. The van der Waals surface area contributed by atoms with Crippen molar-refractivity contribution in [2.75, 3.05) is 23.3 Å². The Balaban J connectivity index is 1.46. The summed E-state index contributed by atoms with van der Waals surface area (Å²) in [5.41, 5.74) is 8.88. The number of nitrogens with zero attached hydrogens (tertiary/aromatic N) is 6. The molecule has 1 aliphatic heterocycles. The second-order valence-electron chi connectivity index (χ2n) is 7.86. The summed E-state index contributed by atoms with van der Waals surface area (Å²) in [4.78, 5) is 16.1. The van der Waals surface area contributed by atoms with E-state index < -0.39 is 0 Å². The molecule has 0 aliphatic carbocycles. The molecule has 0 radical (unpaired) electrons. The lowest BCUT2D eigenvalue weighted by molar-refractivity contribution is 0.362. The van der Waals surface area contributed by atoms with E-state index in [-0.39, 0.29) is 6.04 Å². The zero-order valence-electron chi connectivity index (χ0n) is 18.3. The standard InChI is InChI=1S/C23H25N9O/c1-15-12-22(30-29-15)27-21-13-16(6-4-9-24)26-23(28-21)32-11-5-8-19(32)20-14-18(31-33-20)17-7-2-3-10-25-17/h2-4,6-7,10,12-14,19H,5,8-9,11,24H2,1H3,(H2,26,27,28,29,30)/b6-4+/t19-/m0/s1. The van der Waals surface area contributed by atoms with Crippen molar-refractivity contribution in [2.45, 2.75) is 25.8 Å². The highest BCUT2D eigenvalue weighted by atomic mass is 16.5. The normalized spacial score (nSPS) is 16.1. The summed E-state index contributed by atoms with van der Waals surface area (Å²) in [6.07, 6.45) is 7.42. The summed E-state index contributed by atoms with van der Waals surface area (Å²) >= 11 is 0. The van der Waals surface area contributed by atoms with E-state index in [0.717, 1.165) is 42.2 Å². The highest BCUT2D eigenvalue weighted by Gasteiger charge is 2.32. The number of hydrogen-bond donors (Lipinski definition) is 3. The first kappa shape index (κ1) is 20.8. The predicted octanol–water partition coefficient (Wildman–Crippen LogP) is 3.62. The lowest BCUT2D eigenvalue weighted by Gasteiger charge is -2.23. The molecule has 1 fully saturated rings. The van der Waals surface area contributed by atoms with Gasteiger partial charge >= 0.3 is 0 Å². The summed E-state index contributed by atoms with van der Waals surface area (Å²) in [5, 5.41) is 14.7. The number of anilines is 3. The number of pyridine rings is 1. The van der Waals surface area contributed by atoms with Crippen molar-refractivity contribution in [1.29, 1.82) is 0 Å². The molecule has 4 aromatic rings. The van der Waals surface area contributed by atoms with Gasteiger partial charge in [-0.05, 0) is 38.0 Å². The lowest BCUT2D eigenvalue weighted by Crippen LogP contribution is -2.25. The van der Waals surface area contributed by atoms with Gasteiger partial charge in [-0.2, -0.15) is 10.1 Å². The molecular formula is C23H25N9O. The Kier molecular flexibility index (Phi) is 5.81. The van der Waals surface area contributed by atoms with E-state index in [1.807, 2.05) is 55.5 Å².